The molecule has 0 radical (unpaired) electrons. The summed E-state index contributed by atoms with van der Waals surface area (Å²) in [5.41, 5.74) is 2.79. The van der Waals surface area contributed by atoms with Crippen molar-refractivity contribution in [2.45, 2.75) is 20.3 Å². The predicted molar refractivity (Wildman–Crippen MR) is 93.7 cm³/mol. The van der Waals surface area contributed by atoms with E-state index in [0.717, 1.165) is 12.2 Å². The van der Waals surface area contributed by atoms with Crippen molar-refractivity contribution in [2.75, 3.05) is 23.3 Å². The Morgan fingerprint density at radius 1 is 1.26 bits per heavy atom. The first-order chi connectivity index (χ1) is 11.0. The number of aryl methyl sites for hydroxylation is 1. The highest BCUT2D eigenvalue weighted by Gasteiger charge is 2.09. The van der Waals surface area contributed by atoms with Gasteiger partial charge < -0.3 is 10.2 Å². The number of nitrogens with zero attached hydrogens (tertiary/aromatic N) is 1. The van der Waals surface area contributed by atoms with Gasteiger partial charge in [-0.1, -0.05) is 23.7 Å². The van der Waals surface area contributed by atoms with Crippen LogP contribution >= 0.6 is 11.6 Å². The molecule has 0 bridgehead atoms. The average molecular weight is 335 g/mol. The van der Waals surface area contributed by atoms with Gasteiger partial charge in [-0.15, -0.1) is 0 Å². The minimum absolute atomic E-state index is 0.00209. The zero-order valence-corrected chi connectivity index (χ0v) is 14.0. The van der Waals surface area contributed by atoms with E-state index in [9.17, 15) is 9.18 Å². The second-order valence-electron chi connectivity index (χ2n) is 5.35. The highest BCUT2D eigenvalue weighted by molar-refractivity contribution is 6.31. The molecule has 1 amide bonds. The van der Waals surface area contributed by atoms with Crippen LogP contribution in [-0.4, -0.2) is 19.0 Å². The first-order valence-corrected chi connectivity index (χ1v) is 7.94. The topological polar surface area (TPSA) is 32.3 Å². The van der Waals surface area contributed by atoms with E-state index in [-0.39, 0.29) is 10.9 Å². The fourth-order valence-electron chi connectivity index (χ4n) is 2.33. The minimum atomic E-state index is -0.499. The molecule has 0 fully saturated rings. The maximum atomic E-state index is 13.1. The molecule has 0 saturated carbocycles. The Morgan fingerprint density at radius 3 is 2.70 bits per heavy atom. The molecule has 0 aliphatic carbocycles. The Morgan fingerprint density at radius 2 is 2.04 bits per heavy atom. The van der Waals surface area contributed by atoms with Gasteiger partial charge in [0.1, 0.15) is 5.82 Å². The number of carbonyl (C=O) groups excluding carboxylic acids is 1. The minimum Gasteiger partial charge on any atom is -0.371 e. The van der Waals surface area contributed by atoms with Gasteiger partial charge in [-0.25, -0.2) is 4.39 Å². The molecule has 0 aliphatic heterocycles. The van der Waals surface area contributed by atoms with Crippen LogP contribution in [0.5, 0.6) is 0 Å². The standard InChI is InChI=1S/C18H20ClFN2O/c1-3-22(15-6-4-5-13(2)11-15)10-9-18(23)21-14-7-8-17(20)16(19)12-14/h4-8,11-12H,3,9-10H2,1-2H3,(H,21,23). The van der Waals surface area contributed by atoms with Gasteiger partial charge in [0.25, 0.3) is 0 Å². The van der Waals surface area contributed by atoms with Gasteiger partial charge in [0.2, 0.25) is 5.91 Å². The van der Waals surface area contributed by atoms with Crippen molar-refractivity contribution in [3.05, 3.63) is 58.9 Å². The first kappa shape index (κ1) is 17.3. The molecule has 122 valence electrons. The first-order valence-electron chi connectivity index (χ1n) is 7.56. The third kappa shape index (κ3) is 4.96. The van der Waals surface area contributed by atoms with Crippen LogP contribution < -0.4 is 10.2 Å². The largest absolute Gasteiger partial charge is 0.371 e. The van der Waals surface area contributed by atoms with Crippen LogP contribution in [0.25, 0.3) is 0 Å². The lowest BCUT2D eigenvalue weighted by Gasteiger charge is -2.23. The molecule has 2 rings (SSSR count). The number of anilines is 2. The Balaban J connectivity index is 1.93. The fourth-order valence-corrected chi connectivity index (χ4v) is 2.51. The lowest BCUT2D eigenvalue weighted by atomic mass is 10.2. The van der Waals surface area contributed by atoms with Crippen molar-refractivity contribution >= 4 is 28.9 Å². The highest BCUT2D eigenvalue weighted by Crippen LogP contribution is 2.20. The van der Waals surface area contributed by atoms with Crippen molar-refractivity contribution in [3.63, 3.8) is 0 Å². The molecule has 3 nitrogen and oxygen atoms in total. The van der Waals surface area contributed by atoms with Gasteiger partial charge in [-0.3, -0.25) is 4.79 Å². The van der Waals surface area contributed by atoms with Crippen LogP contribution in [0.1, 0.15) is 18.9 Å². The summed E-state index contributed by atoms with van der Waals surface area (Å²) in [6.45, 7) is 5.53. The number of benzene rings is 2. The van der Waals surface area contributed by atoms with Crippen LogP contribution in [0.2, 0.25) is 5.02 Å². The Hall–Kier alpha value is -2.07. The van der Waals surface area contributed by atoms with Crippen LogP contribution in [0, 0.1) is 12.7 Å². The SMILES string of the molecule is CCN(CCC(=O)Nc1ccc(F)c(Cl)c1)c1cccc(C)c1. The summed E-state index contributed by atoms with van der Waals surface area (Å²) >= 11 is 5.71. The molecule has 0 atom stereocenters. The summed E-state index contributed by atoms with van der Waals surface area (Å²) in [6.07, 6.45) is 0.344. The number of halogens is 2. The zero-order chi connectivity index (χ0) is 16.8. The molecule has 2 aromatic carbocycles. The molecule has 23 heavy (non-hydrogen) atoms. The van der Waals surface area contributed by atoms with Gasteiger partial charge >= 0.3 is 0 Å². The van der Waals surface area contributed by atoms with E-state index in [1.165, 1.54) is 23.8 Å². The molecule has 1 N–H and O–H groups in total. The number of amides is 1. The number of nitrogens with one attached hydrogen (secondary N) is 1. The van der Waals surface area contributed by atoms with E-state index in [1.807, 2.05) is 25.1 Å². The van der Waals surface area contributed by atoms with Crippen molar-refractivity contribution in [2.24, 2.45) is 0 Å². The van der Waals surface area contributed by atoms with Crippen molar-refractivity contribution in [1.29, 1.82) is 0 Å². The van der Waals surface area contributed by atoms with Crippen molar-refractivity contribution < 1.29 is 9.18 Å². The zero-order valence-electron chi connectivity index (χ0n) is 13.3. The summed E-state index contributed by atoms with van der Waals surface area (Å²) < 4.78 is 13.1. The molecule has 0 unspecified atom stereocenters. The van der Waals surface area contributed by atoms with Gasteiger partial charge in [-0.2, -0.15) is 0 Å². The molecule has 0 aliphatic rings. The number of hydrogen-bond donors (Lipinski definition) is 1. The van der Waals surface area contributed by atoms with E-state index < -0.39 is 5.82 Å². The van der Waals surface area contributed by atoms with E-state index in [1.54, 1.807) is 0 Å². The summed E-state index contributed by atoms with van der Waals surface area (Å²) in [5, 5.41) is 2.73. The predicted octanol–water partition coefficient (Wildman–Crippen LogP) is 4.64. The van der Waals surface area contributed by atoms with E-state index in [4.69, 9.17) is 11.6 Å². The maximum absolute atomic E-state index is 13.1. The van der Waals surface area contributed by atoms with Gasteiger partial charge in [0.05, 0.1) is 5.02 Å². The molecule has 0 spiro atoms. The van der Waals surface area contributed by atoms with Gasteiger partial charge in [0.15, 0.2) is 0 Å². The number of hydrogen-bond acceptors (Lipinski definition) is 2. The molecular weight excluding hydrogens is 315 g/mol. The average Bonchev–Trinajstić information content (AvgIpc) is 2.52. The Kier molecular flexibility index (Phi) is 5.99. The van der Waals surface area contributed by atoms with Gasteiger partial charge in [-0.05, 0) is 49.7 Å². The van der Waals surface area contributed by atoms with E-state index >= 15 is 0 Å². The quantitative estimate of drug-likeness (QED) is 0.834. The third-order valence-corrected chi connectivity index (χ3v) is 3.85. The highest BCUT2D eigenvalue weighted by atomic mass is 35.5. The molecule has 0 aromatic heterocycles. The Bertz CT molecular complexity index is 690. The van der Waals surface area contributed by atoms with E-state index in [2.05, 4.69) is 23.2 Å². The maximum Gasteiger partial charge on any atom is 0.226 e. The molecule has 5 heteroatoms. The summed E-state index contributed by atoms with van der Waals surface area (Å²) in [7, 11) is 0. The molecule has 0 saturated heterocycles. The molecule has 2 aromatic rings. The van der Waals surface area contributed by atoms with Crippen LogP contribution in [0.3, 0.4) is 0 Å². The van der Waals surface area contributed by atoms with Crippen LogP contribution in [0.4, 0.5) is 15.8 Å². The monoisotopic (exact) mass is 334 g/mol. The second kappa shape index (κ2) is 7.97. The molecular formula is C18H20ClFN2O. The number of rotatable bonds is 6. The van der Waals surface area contributed by atoms with Crippen molar-refractivity contribution in [3.8, 4) is 0 Å². The Labute approximate surface area is 141 Å². The third-order valence-electron chi connectivity index (χ3n) is 3.56. The lowest BCUT2D eigenvalue weighted by Crippen LogP contribution is -2.27. The van der Waals surface area contributed by atoms with Crippen LogP contribution in [0.15, 0.2) is 42.5 Å². The normalized spacial score (nSPS) is 10.4. The second-order valence-corrected chi connectivity index (χ2v) is 5.75. The summed E-state index contributed by atoms with van der Waals surface area (Å²) in [5.74, 6) is -0.625. The number of carbonyl (C=O) groups is 1. The summed E-state index contributed by atoms with van der Waals surface area (Å²) in [6, 6.07) is 12.3. The van der Waals surface area contributed by atoms with Crippen LogP contribution in [-0.2, 0) is 4.79 Å². The lowest BCUT2D eigenvalue weighted by molar-refractivity contribution is -0.116. The van der Waals surface area contributed by atoms with Crippen molar-refractivity contribution in [1.82, 2.24) is 0 Å². The van der Waals surface area contributed by atoms with Gasteiger partial charge in [0, 0.05) is 30.9 Å². The van der Waals surface area contributed by atoms with E-state index in [0.29, 0.717) is 18.7 Å². The molecule has 0 heterocycles. The fraction of sp³-hybridized carbons (Fsp3) is 0.278. The summed E-state index contributed by atoms with van der Waals surface area (Å²) in [4.78, 5) is 14.2. The smallest absolute Gasteiger partial charge is 0.226 e.